The van der Waals surface area contributed by atoms with Crippen molar-refractivity contribution < 1.29 is 9.47 Å². The minimum absolute atomic E-state index is 0.299. The van der Waals surface area contributed by atoms with Crippen LogP contribution < -0.4 is 15.2 Å². The molecule has 0 aliphatic heterocycles. The maximum atomic E-state index is 6.02. The van der Waals surface area contributed by atoms with E-state index in [0.29, 0.717) is 22.9 Å². The van der Waals surface area contributed by atoms with Gasteiger partial charge in [-0.15, -0.1) is 0 Å². The quantitative estimate of drug-likeness (QED) is 0.884. The van der Waals surface area contributed by atoms with Crippen LogP contribution in [-0.4, -0.2) is 19.8 Å². The van der Waals surface area contributed by atoms with E-state index in [4.69, 9.17) is 26.8 Å². The fourth-order valence-electron chi connectivity index (χ4n) is 1.62. The van der Waals surface area contributed by atoms with Gasteiger partial charge < -0.3 is 15.2 Å². The van der Waals surface area contributed by atoms with Gasteiger partial charge in [-0.2, -0.15) is 0 Å². The van der Waals surface area contributed by atoms with E-state index in [0.717, 1.165) is 5.56 Å². The van der Waals surface area contributed by atoms with Gasteiger partial charge in [0.25, 0.3) is 0 Å². The number of hydrogen-bond acceptors (Lipinski definition) is 3. The number of benzene rings is 1. The molecule has 3 nitrogen and oxygen atoms in total. The van der Waals surface area contributed by atoms with Gasteiger partial charge >= 0.3 is 0 Å². The summed E-state index contributed by atoms with van der Waals surface area (Å²) in [5, 5.41) is 0.540. The molecule has 0 unspecified atom stereocenters. The molecule has 90 valence electrons. The highest BCUT2D eigenvalue weighted by Gasteiger charge is 2.19. The zero-order valence-corrected chi connectivity index (χ0v) is 10.9. The van der Waals surface area contributed by atoms with Crippen LogP contribution in [0.3, 0.4) is 0 Å². The molecule has 0 radical (unpaired) electrons. The van der Waals surface area contributed by atoms with E-state index >= 15 is 0 Å². The Morgan fingerprint density at radius 3 is 2.19 bits per heavy atom. The van der Waals surface area contributed by atoms with Gasteiger partial charge in [0.2, 0.25) is 0 Å². The highest BCUT2D eigenvalue weighted by molar-refractivity contribution is 6.32. The fraction of sp³-hybridized carbons (Fsp3) is 0.500. The minimum Gasteiger partial charge on any atom is -0.493 e. The molecule has 0 aliphatic rings. The van der Waals surface area contributed by atoms with Crippen molar-refractivity contribution in [3.05, 3.63) is 22.7 Å². The van der Waals surface area contributed by atoms with E-state index in [1.807, 2.05) is 19.9 Å². The monoisotopic (exact) mass is 243 g/mol. The van der Waals surface area contributed by atoms with Crippen LogP contribution in [0.2, 0.25) is 5.02 Å². The first kappa shape index (κ1) is 13.1. The maximum Gasteiger partial charge on any atom is 0.179 e. The third-order valence-corrected chi connectivity index (χ3v) is 2.50. The first-order valence-corrected chi connectivity index (χ1v) is 5.45. The summed E-state index contributed by atoms with van der Waals surface area (Å²) >= 11 is 6.02. The molecular formula is C12H18ClNO2. The van der Waals surface area contributed by atoms with Crippen LogP contribution in [0.4, 0.5) is 0 Å². The molecule has 0 heterocycles. The fourth-order valence-corrected chi connectivity index (χ4v) is 1.85. The van der Waals surface area contributed by atoms with Crippen LogP contribution in [0.1, 0.15) is 19.4 Å². The largest absolute Gasteiger partial charge is 0.493 e. The normalized spacial score (nSPS) is 11.4. The van der Waals surface area contributed by atoms with Gasteiger partial charge in [0.1, 0.15) is 0 Å². The molecule has 0 amide bonds. The number of halogens is 1. The van der Waals surface area contributed by atoms with E-state index in [2.05, 4.69) is 0 Å². The number of ether oxygens (including phenoxy) is 2. The summed E-state index contributed by atoms with van der Waals surface area (Å²) in [6.45, 7) is 3.93. The van der Waals surface area contributed by atoms with Crippen LogP contribution in [0.5, 0.6) is 11.5 Å². The second kappa shape index (κ2) is 4.93. The lowest BCUT2D eigenvalue weighted by atomic mass is 9.95. The van der Waals surface area contributed by atoms with Gasteiger partial charge in [0.05, 0.1) is 19.2 Å². The SMILES string of the molecule is COc1c(Cl)ccc(CC(C)(C)N)c1OC. The Morgan fingerprint density at radius 2 is 1.75 bits per heavy atom. The average molecular weight is 244 g/mol. The lowest BCUT2D eigenvalue weighted by molar-refractivity contribution is 0.349. The smallest absolute Gasteiger partial charge is 0.179 e. The van der Waals surface area contributed by atoms with Gasteiger partial charge in [-0.05, 0) is 31.9 Å². The van der Waals surface area contributed by atoms with Crippen molar-refractivity contribution >= 4 is 11.6 Å². The number of nitrogens with two attached hydrogens (primary N) is 1. The van der Waals surface area contributed by atoms with Crippen molar-refractivity contribution in [1.29, 1.82) is 0 Å². The molecule has 4 heteroatoms. The molecule has 0 spiro atoms. The van der Waals surface area contributed by atoms with Crippen molar-refractivity contribution in [3.8, 4) is 11.5 Å². The van der Waals surface area contributed by atoms with Crippen LogP contribution in [0.15, 0.2) is 12.1 Å². The van der Waals surface area contributed by atoms with Crippen molar-refractivity contribution in [3.63, 3.8) is 0 Å². The zero-order chi connectivity index (χ0) is 12.3. The van der Waals surface area contributed by atoms with E-state index in [1.165, 1.54) is 0 Å². The highest BCUT2D eigenvalue weighted by atomic mass is 35.5. The summed E-state index contributed by atoms with van der Waals surface area (Å²) in [5.74, 6) is 1.22. The second-order valence-electron chi connectivity index (χ2n) is 4.44. The van der Waals surface area contributed by atoms with E-state index in [1.54, 1.807) is 20.3 Å². The van der Waals surface area contributed by atoms with E-state index < -0.39 is 0 Å². The standard InChI is InChI=1S/C12H18ClNO2/c1-12(2,14)7-8-5-6-9(13)11(16-4)10(8)15-3/h5-6H,7,14H2,1-4H3. The molecule has 0 saturated heterocycles. The lowest BCUT2D eigenvalue weighted by Crippen LogP contribution is -2.34. The third-order valence-electron chi connectivity index (χ3n) is 2.20. The number of rotatable bonds is 4. The van der Waals surface area contributed by atoms with Crippen molar-refractivity contribution in [2.24, 2.45) is 5.73 Å². The van der Waals surface area contributed by atoms with Crippen LogP contribution in [-0.2, 0) is 6.42 Å². The van der Waals surface area contributed by atoms with Crippen LogP contribution >= 0.6 is 11.6 Å². The molecule has 1 rings (SSSR count). The molecule has 2 N–H and O–H groups in total. The van der Waals surface area contributed by atoms with Gasteiger partial charge in [0, 0.05) is 5.54 Å². The Hall–Kier alpha value is -0.930. The molecule has 0 aliphatic carbocycles. The summed E-state index contributed by atoms with van der Waals surface area (Å²) < 4.78 is 10.6. The van der Waals surface area contributed by atoms with E-state index in [-0.39, 0.29) is 5.54 Å². The Labute approximate surface area is 101 Å². The Kier molecular flexibility index (Phi) is 4.05. The van der Waals surface area contributed by atoms with Gasteiger partial charge in [-0.1, -0.05) is 17.7 Å². The summed E-state index contributed by atoms with van der Waals surface area (Å²) in [6.07, 6.45) is 0.698. The molecule has 1 aromatic rings. The topological polar surface area (TPSA) is 44.5 Å². The molecule has 0 fully saturated rings. The average Bonchev–Trinajstić information content (AvgIpc) is 2.18. The second-order valence-corrected chi connectivity index (χ2v) is 4.85. The molecule has 0 aromatic heterocycles. The van der Waals surface area contributed by atoms with Crippen molar-refractivity contribution in [2.45, 2.75) is 25.8 Å². The summed E-state index contributed by atoms with van der Waals surface area (Å²) in [6, 6.07) is 3.71. The van der Waals surface area contributed by atoms with E-state index in [9.17, 15) is 0 Å². The third kappa shape index (κ3) is 3.03. The minimum atomic E-state index is -0.299. The van der Waals surface area contributed by atoms with Crippen molar-refractivity contribution in [2.75, 3.05) is 14.2 Å². The van der Waals surface area contributed by atoms with Gasteiger partial charge in [-0.25, -0.2) is 0 Å². The zero-order valence-electron chi connectivity index (χ0n) is 10.1. The predicted molar refractivity (Wildman–Crippen MR) is 66.5 cm³/mol. The summed E-state index contributed by atoms with van der Waals surface area (Å²) in [5.41, 5.74) is 6.69. The van der Waals surface area contributed by atoms with Crippen LogP contribution in [0, 0.1) is 0 Å². The first-order chi connectivity index (χ1) is 7.39. The lowest BCUT2D eigenvalue weighted by Gasteiger charge is -2.21. The Balaban J connectivity index is 3.19. The predicted octanol–water partition coefficient (Wildman–Crippen LogP) is 2.64. The summed E-state index contributed by atoms with van der Waals surface area (Å²) in [4.78, 5) is 0. The Bertz CT molecular complexity index is 372. The molecule has 16 heavy (non-hydrogen) atoms. The molecule has 1 aromatic carbocycles. The molecular weight excluding hydrogens is 226 g/mol. The molecule has 0 bridgehead atoms. The molecule has 0 saturated carbocycles. The molecule has 0 atom stereocenters. The van der Waals surface area contributed by atoms with Crippen LogP contribution in [0.25, 0.3) is 0 Å². The number of methoxy groups -OCH3 is 2. The van der Waals surface area contributed by atoms with Gasteiger partial charge in [0.15, 0.2) is 11.5 Å². The Morgan fingerprint density at radius 1 is 1.19 bits per heavy atom. The first-order valence-electron chi connectivity index (χ1n) is 5.07. The maximum absolute atomic E-state index is 6.02. The number of hydrogen-bond donors (Lipinski definition) is 1. The summed E-state index contributed by atoms with van der Waals surface area (Å²) in [7, 11) is 3.17. The van der Waals surface area contributed by atoms with Gasteiger partial charge in [-0.3, -0.25) is 0 Å². The highest BCUT2D eigenvalue weighted by Crippen LogP contribution is 2.38. The van der Waals surface area contributed by atoms with Crippen molar-refractivity contribution in [1.82, 2.24) is 0 Å².